The summed E-state index contributed by atoms with van der Waals surface area (Å²) < 4.78 is 0. The molecule has 0 unspecified atom stereocenters. The highest BCUT2D eigenvalue weighted by molar-refractivity contribution is 5.79. The van der Waals surface area contributed by atoms with Gasteiger partial charge in [0.15, 0.2) is 0 Å². The van der Waals surface area contributed by atoms with Crippen LogP contribution in [-0.4, -0.2) is 48.0 Å². The third-order valence-corrected chi connectivity index (χ3v) is 4.40. The monoisotopic (exact) mass is 340 g/mol. The standard InChI is InChI=1S/C18H24N6O/c1-23(2)16-10-14(5-6-20-16)11-22-18(25)15-4-3-9-24(13-15)17-12-19-7-8-21-17/h5-8,10,12,15H,3-4,9,11,13H2,1-2H3,(H,22,25)/t15-/m0/s1. The van der Waals surface area contributed by atoms with E-state index in [9.17, 15) is 4.79 Å². The molecule has 3 rings (SSSR count). The van der Waals surface area contributed by atoms with Crippen molar-refractivity contribution in [2.24, 2.45) is 5.92 Å². The molecule has 0 aromatic carbocycles. The van der Waals surface area contributed by atoms with Crippen LogP contribution in [0.15, 0.2) is 36.9 Å². The Hall–Kier alpha value is -2.70. The first kappa shape index (κ1) is 17.1. The Morgan fingerprint density at radius 3 is 2.96 bits per heavy atom. The molecule has 0 spiro atoms. The number of rotatable bonds is 5. The van der Waals surface area contributed by atoms with Gasteiger partial charge in [0.05, 0.1) is 12.1 Å². The minimum atomic E-state index is -0.0223. The molecule has 1 N–H and O–H groups in total. The van der Waals surface area contributed by atoms with Crippen molar-refractivity contribution in [2.75, 3.05) is 37.0 Å². The number of aromatic nitrogens is 3. The number of carbonyl (C=O) groups is 1. The molecule has 1 aliphatic rings. The van der Waals surface area contributed by atoms with Gasteiger partial charge in [0.25, 0.3) is 0 Å². The summed E-state index contributed by atoms with van der Waals surface area (Å²) in [4.78, 5) is 29.4. The van der Waals surface area contributed by atoms with Crippen LogP contribution in [0.2, 0.25) is 0 Å². The zero-order chi connectivity index (χ0) is 17.6. The molecule has 132 valence electrons. The van der Waals surface area contributed by atoms with Gasteiger partial charge in [-0.2, -0.15) is 0 Å². The summed E-state index contributed by atoms with van der Waals surface area (Å²) in [5, 5.41) is 3.06. The van der Waals surface area contributed by atoms with Crippen LogP contribution in [0, 0.1) is 5.92 Å². The smallest absolute Gasteiger partial charge is 0.225 e. The number of hydrogen-bond acceptors (Lipinski definition) is 6. The SMILES string of the molecule is CN(C)c1cc(CNC(=O)[C@H]2CCCN(c3cnccn3)C2)ccn1. The Bertz CT molecular complexity index is 706. The second-order valence-corrected chi connectivity index (χ2v) is 6.48. The maximum atomic E-state index is 12.6. The maximum absolute atomic E-state index is 12.6. The highest BCUT2D eigenvalue weighted by Gasteiger charge is 2.26. The molecule has 7 heteroatoms. The molecule has 1 aliphatic heterocycles. The van der Waals surface area contributed by atoms with E-state index in [4.69, 9.17) is 0 Å². The van der Waals surface area contributed by atoms with E-state index in [0.29, 0.717) is 13.1 Å². The molecule has 7 nitrogen and oxygen atoms in total. The summed E-state index contributed by atoms with van der Waals surface area (Å²) >= 11 is 0. The largest absolute Gasteiger partial charge is 0.363 e. The highest BCUT2D eigenvalue weighted by Crippen LogP contribution is 2.21. The van der Waals surface area contributed by atoms with Crippen molar-refractivity contribution < 1.29 is 4.79 Å². The molecule has 2 aromatic rings. The van der Waals surface area contributed by atoms with Gasteiger partial charge in [-0.15, -0.1) is 0 Å². The predicted octanol–water partition coefficient (Wildman–Crippen LogP) is 1.47. The Kier molecular flexibility index (Phi) is 5.42. The molecule has 1 atom stereocenters. The number of anilines is 2. The van der Waals surface area contributed by atoms with E-state index in [-0.39, 0.29) is 11.8 Å². The molecule has 0 bridgehead atoms. The van der Waals surface area contributed by atoms with Crippen molar-refractivity contribution in [3.8, 4) is 0 Å². The number of amides is 1. The molecule has 2 aromatic heterocycles. The lowest BCUT2D eigenvalue weighted by Gasteiger charge is -2.32. The third-order valence-electron chi connectivity index (χ3n) is 4.40. The van der Waals surface area contributed by atoms with Gasteiger partial charge in [0.1, 0.15) is 11.6 Å². The minimum Gasteiger partial charge on any atom is -0.363 e. The fraction of sp³-hybridized carbons (Fsp3) is 0.444. The summed E-state index contributed by atoms with van der Waals surface area (Å²) in [6.07, 6.45) is 8.75. The Morgan fingerprint density at radius 2 is 2.20 bits per heavy atom. The Labute approximate surface area is 148 Å². The molecule has 0 saturated carbocycles. The van der Waals surface area contributed by atoms with E-state index in [1.807, 2.05) is 31.1 Å². The first-order valence-corrected chi connectivity index (χ1v) is 8.54. The number of nitrogens with zero attached hydrogens (tertiary/aromatic N) is 5. The zero-order valence-corrected chi connectivity index (χ0v) is 14.7. The normalized spacial score (nSPS) is 17.2. The first-order valence-electron chi connectivity index (χ1n) is 8.54. The molecular weight excluding hydrogens is 316 g/mol. The molecule has 0 radical (unpaired) electrons. The molecule has 1 fully saturated rings. The van der Waals surface area contributed by atoms with Crippen LogP contribution in [-0.2, 0) is 11.3 Å². The molecule has 1 amide bonds. The predicted molar refractivity (Wildman–Crippen MR) is 97.4 cm³/mol. The van der Waals surface area contributed by atoms with Gasteiger partial charge in [0, 0.05) is 52.3 Å². The highest BCUT2D eigenvalue weighted by atomic mass is 16.1. The van der Waals surface area contributed by atoms with Crippen molar-refractivity contribution >= 4 is 17.5 Å². The van der Waals surface area contributed by atoms with Gasteiger partial charge in [-0.3, -0.25) is 9.78 Å². The van der Waals surface area contributed by atoms with E-state index < -0.39 is 0 Å². The summed E-state index contributed by atoms with van der Waals surface area (Å²) in [7, 11) is 3.90. The van der Waals surface area contributed by atoms with E-state index in [0.717, 1.165) is 36.6 Å². The second kappa shape index (κ2) is 7.92. The lowest BCUT2D eigenvalue weighted by Crippen LogP contribution is -2.43. The van der Waals surface area contributed by atoms with Crippen LogP contribution in [0.25, 0.3) is 0 Å². The van der Waals surface area contributed by atoms with Gasteiger partial charge in [-0.05, 0) is 30.5 Å². The Morgan fingerprint density at radius 1 is 1.32 bits per heavy atom. The van der Waals surface area contributed by atoms with Crippen LogP contribution in [0.1, 0.15) is 18.4 Å². The summed E-state index contributed by atoms with van der Waals surface area (Å²) in [5.41, 5.74) is 1.05. The zero-order valence-electron chi connectivity index (χ0n) is 14.7. The van der Waals surface area contributed by atoms with Gasteiger partial charge in [0.2, 0.25) is 5.91 Å². The molecule has 1 saturated heterocycles. The van der Waals surface area contributed by atoms with Crippen molar-refractivity contribution in [1.82, 2.24) is 20.3 Å². The number of nitrogens with one attached hydrogen (secondary N) is 1. The van der Waals surface area contributed by atoms with E-state index in [2.05, 4.69) is 25.2 Å². The van der Waals surface area contributed by atoms with E-state index in [1.165, 1.54) is 0 Å². The quantitative estimate of drug-likeness (QED) is 0.888. The van der Waals surface area contributed by atoms with Gasteiger partial charge in [-0.1, -0.05) is 0 Å². The van der Waals surface area contributed by atoms with Crippen molar-refractivity contribution in [3.63, 3.8) is 0 Å². The maximum Gasteiger partial charge on any atom is 0.225 e. The average Bonchev–Trinajstić information content (AvgIpc) is 2.67. The average molecular weight is 340 g/mol. The third kappa shape index (κ3) is 4.43. The van der Waals surface area contributed by atoms with Crippen LogP contribution < -0.4 is 15.1 Å². The van der Waals surface area contributed by atoms with Crippen molar-refractivity contribution in [3.05, 3.63) is 42.5 Å². The molecule has 3 heterocycles. The fourth-order valence-corrected chi connectivity index (χ4v) is 3.00. The lowest BCUT2D eigenvalue weighted by atomic mass is 9.97. The Balaban J connectivity index is 1.57. The molecule has 25 heavy (non-hydrogen) atoms. The van der Waals surface area contributed by atoms with Gasteiger partial charge in [-0.25, -0.2) is 9.97 Å². The van der Waals surface area contributed by atoms with Crippen molar-refractivity contribution in [2.45, 2.75) is 19.4 Å². The number of carbonyl (C=O) groups excluding carboxylic acids is 1. The van der Waals surface area contributed by atoms with E-state index in [1.54, 1.807) is 24.8 Å². The number of hydrogen-bond donors (Lipinski definition) is 1. The van der Waals surface area contributed by atoms with Crippen LogP contribution in [0.3, 0.4) is 0 Å². The van der Waals surface area contributed by atoms with Gasteiger partial charge >= 0.3 is 0 Å². The van der Waals surface area contributed by atoms with Crippen molar-refractivity contribution in [1.29, 1.82) is 0 Å². The van der Waals surface area contributed by atoms with Crippen LogP contribution in [0.4, 0.5) is 11.6 Å². The summed E-state index contributed by atoms with van der Waals surface area (Å²) in [5.74, 6) is 1.80. The second-order valence-electron chi connectivity index (χ2n) is 6.48. The topological polar surface area (TPSA) is 74.2 Å². The molecule has 0 aliphatic carbocycles. The number of pyridine rings is 1. The first-order chi connectivity index (χ1) is 12.1. The van der Waals surface area contributed by atoms with Gasteiger partial charge < -0.3 is 15.1 Å². The number of piperidine rings is 1. The lowest BCUT2D eigenvalue weighted by molar-refractivity contribution is -0.125. The van der Waals surface area contributed by atoms with Crippen LogP contribution in [0.5, 0.6) is 0 Å². The van der Waals surface area contributed by atoms with Crippen LogP contribution >= 0.6 is 0 Å². The fourth-order valence-electron chi connectivity index (χ4n) is 3.00. The summed E-state index contributed by atoms with van der Waals surface area (Å²) in [6.45, 7) is 2.12. The summed E-state index contributed by atoms with van der Waals surface area (Å²) in [6, 6.07) is 3.92. The molecular formula is C18H24N6O. The van der Waals surface area contributed by atoms with E-state index >= 15 is 0 Å². The minimum absolute atomic E-state index is 0.0223.